The number of ether oxygens (including phenoxy) is 1. The van der Waals surface area contributed by atoms with Crippen LogP contribution in [-0.4, -0.2) is 16.9 Å². The highest BCUT2D eigenvalue weighted by molar-refractivity contribution is 6.30. The van der Waals surface area contributed by atoms with E-state index in [1.54, 1.807) is 11.8 Å². The van der Waals surface area contributed by atoms with Crippen molar-refractivity contribution in [1.29, 1.82) is 0 Å². The highest BCUT2D eigenvalue weighted by Crippen LogP contribution is 2.20. The Morgan fingerprint density at radius 3 is 2.84 bits per heavy atom. The molecule has 2 rings (SSSR count). The van der Waals surface area contributed by atoms with Crippen LogP contribution in [0.2, 0.25) is 5.15 Å². The molecule has 4 nitrogen and oxygen atoms in total. The lowest BCUT2D eigenvalue weighted by atomic mass is 10.2. The molecule has 0 aliphatic heterocycles. The second kappa shape index (κ2) is 6.08. The highest BCUT2D eigenvalue weighted by atomic mass is 35.5. The van der Waals surface area contributed by atoms with E-state index in [9.17, 15) is 0 Å². The maximum atomic E-state index is 6.20. The zero-order valence-electron chi connectivity index (χ0n) is 11.4. The maximum absolute atomic E-state index is 6.20. The molecule has 102 valence electrons. The monoisotopic (exact) mass is 279 g/mol. The average molecular weight is 280 g/mol. The summed E-state index contributed by atoms with van der Waals surface area (Å²) >= 11 is 6.20. The Balaban J connectivity index is 2.08. The van der Waals surface area contributed by atoms with E-state index < -0.39 is 0 Å². The molecule has 5 heteroatoms. The minimum Gasteiger partial charge on any atom is -0.381 e. The van der Waals surface area contributed by atoms with Gasteiger partial charge in [-0.05, 0) is 24.6 Å². The number of rotatable bonds is 5. The fraction of sp³-hybridized carbons (Fsp3) is 0.357. The van der Waals surface area contributed by atoms with E-state index in [1.807, 2.05) is 32.2 Å². The van der Waals surface area contributed by atoms with Gasteiger partial charge in [-0.25, -0.2) is 0 Å². The molecule has 0 fully saturated rings. The summed E-state index contributed by atoms with van der Waals surface area (Å²) in [6, 6.07) is 8.15. The number of nitrogens with one attached hydrogen (secondary N) is 1. The first kappa shape index (κ1) is 13.9. The molecular formula is C14H18ClN3O. The fourth-order valence-electron chi connectivity index (χ4n) is 2.00. The van der Waals surface area contributed by atoms with Crippen LogP contribution in [-0.2, 0) is 24.9 Å². The predicted molar refractivity (Wildman–Crippen MR) is 77.4 cm³/mol. The number of anilines is 1. The highest BCUT2D eigenvalue weighted by Gasteiger charge is 2.10. The lowest BCUT2D eigenvalue weighted by Gasteiger charge is -2.08. The van der Waals surface area contributed by atoms with Gasteiger partial charge < -0.3 is 10.1 Å². The zero-order chi connectivity index (χ0) is 13.8. The number of halogens is 1. The number of aromatic nitrogens is 2. The molecule has 0 atom stereocenters. The average Bonchev–Trinajstić information content (AvgIpc) is 2.62. The van der Waals surface area contributed by atoms with Gasteiger partial charge in [0.05, 0.1) is 12.3 Å². The van der Waals surface area contributed by atoms with Crippen molar-refractivity contribution >= 4 is 17.3 Å². The molecule has 1 heterocycles. The van der Waals surface area contributed by atoms with E-state index in [-0.39, 0.29) is 0 Å². The number of nitrogens with zero attached hydrogens (tertiary/aromatic N) is 2. The molecule has 0 saturated carbocycles. The Hall–Kier alpha value is -1.52. The third-order valence-corrected chi connectivity index (χ3v) is 3.45. The van der Waals surface area contributed by atoms with E-state index in [0.717, 1.165) is 22.5 Å². The number of hydrogen-bond donors (Lipinski definition) is 1. The minimum atomic E-state index is 0.613. The Bertz CT molecular complexity index is 566. The Morgan fingerprint density at radius 2 is 2.21 bits per heavy atom. The summed E-state index contributed by atoms with van der Waals surface area (Å²) in [7, 11) is 3.54. The molecule has 0 aliphatic rings. The molecule has 1 aromatic carbocycles. The fourth-order valence-corrected chi connectivity index (χ4v) is 2.24. The molecule has 0 aliphatic carbocycles. The van der Waals surface area contributed by atoms with Gasteiger partial charge in [0.25, 0.3) is 0 Å². The van der Waals surface area contributed by atoms with Crippen LogP contribution in [0.5, 0.6) is 0 Å². The number of hydrogen-bond acceptors (Lipinski definition) is 3. The predicted octanol–water partition coefficient (Wildman–Crippen LogP) is 3.14. The summed E-state index contributed by atoms with van der Waals surface area (Å²) in [6.45, 7) is 3.24. The van der Waals surface area contributed by atoms with Crippen molar-refractivity contribution in [2.75, 3.05) is 12.4 Å². The molecule has 1 aromatic heterocycles. The Kier molecular flexibility index (Phi) is 4.45. The third kappa shape index (κ3) is 3.28. The van der Waals surface area contributed by atoms with Gasteiger partial charge in [0.2, 0.25) is 0 Å². The summed E-state index contributed by atoms with van der Waals surface area (Å²) in [6.07, 6.45) is 0. The molecule has 0 amide bonds. The van der Waals surface area contributed by atoms with Crippen molar-refractivity contribution in [3.05, 3.63) is 46.2 Å². The van der Waals surface area contributed by atoms with Gasteiger partial charge >= 0.3 is 0 Å². The lowest BCUT2D eigenvalue weighted by Crippen LogP contribution is -2.01. The van der Waals surface area contributed by atoms with Crippen LogP contribution in [0.4, 0.5) is 5.69 Å². The van der Waals surface area contributed by atoms with Crippen LogP contribution >= 0.6 is 11.6 Å². The number of benzene rings is 1. The first-order valence-electron chi connectivity index (χ1n) is 6.11. The standard InChI is InChI=1S/C14H18ClN3O/c1-10-13(14(15)18(2)17-10)8-16-12-6-4-5-11(7-12)9-19-3/h4-7,16H,8-9H2,1-3H3. The topological polar surface area (TPSA) is 39.1 Å². The van der Waals surface area contributed by atoms with Crippen molar-refractivity contribution in [2.24, 2.45) is 7.05 Å². The second-order valence-electron chi connectivity index (χ2n) is 4.47. The van der Waals surface area contributed by atoms with Gasteiger partial charge in [-0.2, -0.15) is 5.10 Å². The van der Waals surface area contributed by atoms with Crippen molar-refractivity contribution in [1.82, 2.24) is 9.78 Å². The normalized spacial score (nSPS) is 10.7. The van der Waals surface area contributed by atoms with Gasteiger partial charge in [-0.1, -0.05) is 23.7 Å². The van der Waals surface area contributed by atoms with Crippen LogP contribution in [0, 0.1) is 6.92 Å². The quantitative estimate of drug-likeness (QED) is 0.914. The molecule has 0 radical (unpaired) electrons. The number of aryl methyl sites for hydroxylation is 2. The maximum Gasteiger partial charge on any atom is 0.131 e. The van der Waals surface area contributed by atoms with Crippen molar-refractivity contribution in [2.45, 2.75) is 20.1 Å². The van der Waals surface area contributed by atoms with E-state index in [0.29, 0.717) is 18.3 Å². The largest absolute Gasteiger partial charge is 0.381 e. The van der Waals surface area contributed by atoms with Gasteiger partial charge in [-0.3, -0.25) is 4.68 Å². The first-order chi connectivity index (χ1) is 9.11. The van der Waals surface area contributed by atoms with Crippen LogP contribution in [0.3, 0.4) is 0 Å². The van der Waals surface area contributed by atoms with E-state index in [2.05, 4.69) is 16.5 Å². The van der Waals surface area contributed by atoms with Crippen LogP contribution in [0.25, 0.3) is 0 Å². The van der Waals surface area contributed by atoms with Crippen molar-refractivity contribution in [3.8, 4) is 0 Å². The van der Waals surface area contributed by atoms with Crippen molar-refractivity contribution < 1.29 is 4.74 Å². The molecule has 0 bridgehead atoms. The molecule has 2 aromatic rings. The summed E-state index contributed by atoms with van der Waals surface area (Å²) < 4.78 is 6.81. The Morgan fingerprint density at radius 1 is 1.42 bits per heavy atom. The minimum absolute atomic E-state index is 0.613. The lowest BCUT2D eigenvalue weighted by molar-refractivity contribution is 0.185. The van der Waals surface area contributed by atoms with Gasteiger partial charge in [-0.15, -0.1) is 0 Å². The van der Waals surface area contributed by atoms with E-state index >= 15 is 0 Å². The summed E-state index contributed by atoms with van der Waals surface area (Å²) in [5.41, 5.74) is 4.17. The molecule has 0 saturated heterocycles. The van der Waals surface area contributed by atoms with Crippen molar-refractivity contribution in [3.63, 3.8) is 0 Å². The van der Waals surface area contributed by atoms with Crippen LogP contribution in [0.15, 0.2) is 24.3 Å². The summed E-state index contributed by atoms with van der Waals surface area (Å²) in [5.74, 6) is 0. The number of methoxy groups -OCH3 is 1. The van der Waals surface area contributed by atoms with E-state index in [1.165, 1.54) is 0 Å². The third-order valence-electron chi connectivity index (χ3n) is 2.98. The summed E-state index contributed by atoms with van der Waals surface area (Å²) in [5, 5.41) is 8.33. The van der Waals surface area contributed by atoms with Gasteiger partial charge in [0, 0.05) is 32.0 Å². The van der Waals surface area contributed by atoms with Gasteiger partial charge in [0.1, 0.15) is 5.15 Å². The second-order valence-corrected chi connectivity index (χ2v) is 4.82. The Labute approximate surface area is 118 Å². The molecule has 0 unspecified atom stereocenters. The zero-order valence-corrected chi connectivity index (χ0v) is 12.2. The van der Waals surface area contributed by atoms with Crippen LogP contribution < -0.4 is 5.32 Å². The summed E-state index contributed by atoms with van der Waals surface area (Å²) in [4.78, 5) is 0. The molecule has 1 N–H and O–H groups in total. The smallest absolute Gasteiger partial charge is 0.131 e. The van der Waals surface area contributed by atoms with E-state index in [4.69, 9.17) is 16.3 Å². The molecular weight excluding hydrogens is 262 g/mol. The molecule has 0 spiro atoms. The molecule has 19 heavy (non-hydrogen) atoms. The van der Waals surface area contributed by atoms with Gasteiger partial charge in [0.15, 0.2) is 0 Å². The first-order valence-corrected chi connectivity index (χ1v) is 6.49. The van der Waals surface area contributed by atoms with Crippen LogP contribution in [0.1, 0.15) is 16.8 Å². The SMILES string of the molecule is COCc1cccc(NCc2c(C)nn(C)c2Cl)c1.